The molecule has 1 nitrogen and oxygen atoms in total. The van der Waals surface area contributed by atoms with Gasteiger partial charge in [-0.15, -0.1) is 0 Å². The Hall–Kier alpha value is -6.18. The fraction of sp³-hybridized carbons (Fsp3) is 0. The second kappa shape index (κ2) is 10.2. The van der Waals surface area contributed by atoms with Crippen molar-refractivity contribution in [2.24, 2.45) is 0 Å². The number of furan rings is 1. The van der Waals surface area contributed by atoms with Gasteiger partial charge >= 0.3 is 0 Å². The van der Waals surface area contributed by atoms with Crippen molar-refractivity contribution in [3.05, 3.63) is 170 Å². The molecule has 0 bridgehead atoms. The smallest absolute Gasteiger partial charge is 0.136 e. The highest BCUT2D eigenvalue weighted by Gasteiger charge is 2.22. The number of para-hydroxylation sites is 1. The first kappa shape index (κ1) is 26.1. The lowest BCUT2D eigenvalue weighted by atomic mass is 9.82. The molecule has 1 heterocycles. The Morgan fingerprint density at radius 1 is 0.298 bits per heavy atom. The Morgan fingerprint density at radius 2 is 0.809 bits per heavy atom. The molecular weight excluding hydrogens is 569 g/mol. The maximum Gasteiger partial charge on any atom is 0.136 e. The molecule has 0 aliphatic carbocycles. The van der Waals surface area contributed by atoms with Gasteiger partial charge in [0.25, 0.3) is 0 Å². The number of hydrogen-bond acceptors (Lipinski definition) is 1. The number of benzene rings is 9. The van der Waals surface area contributed by atoms with E-state index in [2.05, 4.69) is 170 Å². The van der Waals surface area contributed by atoms with Crippen LogP contribution in [0, 0.1) is 0 Å². The molecule has 0 unspecified atom stereocenters. The van der Waals surface area contributed by atoms with E-state index in [4.69, 9.17) is 4.42 Å². The molecule has 0 aliphatic heterocycles. The number of hydrogen-bond donors (Lipinski definition) is 0. The molecule has 0 aliphatic rings. The Morgan fingerprint density at radius 3 is 1.49 bits per heavy atom. The first-order valence-corrected chi connectivity index (χ1v) is 16.2. The molecule has 0 saturated carbocycles. The van der Waals surface area contributed by atoms with E-state index < -0.39 is 0 Å². The van der Waals surface area contributed by atoms with Crippen LogP contribution in [0.2, 0.25) is 0 Å². The molecule has 0 radical (unpaired) electrons. The fourth-order valence-corrected chi connectivity index (χ4v) is 7.82. The van der Waals surface area contributed by atoms with Gasteiger partial charge in [0.15, 0.2) is 0 Å². The predicted molar refractivity (Wildman–Crippen MR) is 200 cm³/mol. The van der Waals surface area contributed by atoms with Crippen molar-refractivity contribution in [3.8, 4) is 33.4 Å². The van der Waals surface area contributed by atoms with Crippen molar-refractivity contribution in [3.63, 3.8) is 0 Å². The quantitative estimate of drug-likeness (QED) is 0.146. The van der Waals surface area contributed by atoms with Gasteiger partial charge < -0.3 is 4.42 Å². The summed E-state index contributed by atoms with van der Waals surface area (Å²) in [5, 5.41) is 12.3. The Kier molecular flexibility index (Phi) is 5.64. The van der Waals surface area contributed by atoms with E-state index in [9.17, 15) is 0 Å². The van der Waals surface area contributed by atoms with Crippen LogP contribution in [0.4, 0.5) is 0 Å². The fourth-order valence-electron chi connectivity index (χ4n) is 7.82. The average molecular weight is 597 g/mol. The van der Waals surface area contributed by atoms with Gasteiger partial charge in [-0.3, -0.25) is 0 Å². The Bertz CT molecular complexity index is 2780. The summed E-state index contributed by atoms with van der Waals surface area (Å²) >= 11 is 0. The lowest BCUT2D eigenvalue weighted by Crippen LogP contribution is -1.93. The van der Waals surface area contributed by atoms with Crippen LogP contribution in [-0.4, -0.2) is 0 Å². The van der Waals surface area contributed by atoms with Crippen molar-refractivity contribution in [1.29, 1.82) is 0 Å². The van der Waals surface area contributed by atoms with E-state index in [1.807, 2.05) is 0 Å². The largest absolute Gasteiger partial charge is 0.456 e. The molecule has 47 heavy (non-hydrogen) atoms. The van der Waals surface area contributed by atoms with Crippen molar-refractivity contribution in [2.45, 2.75) is 0 Å². The van der Waals surface area contributed by atoms with E-state index in [0.29, 0.717) is 0 Å². The molecule has 0 atom stereocenters. The Balaban J connectivity index is 1.40. The van der Waals surface area contributed by atoms with Gasteiger partial charge in [0, 0.05) is 10.8 Å². The topological polar surface area (TPSA) is 13.1 Å². The molecule has 0 N–H and O–H groups in total. The van der Waals surface area contributed by atoms with Gasteiger partial charge in [0.1, 0.15) is 11.2 Å². The molecule has 0 amide bonds. The van der Waals surface area contributed by atoms with Crippen molar-refractivity contribution >= 4 is 65.0 Å². The monoisotopic (exact) mass is 596 g/mol. The zero-order chi connectivity index (χ0) is 30.9. The van der Waals surface area contributed by atoms with Crippen LogP contribution in [0.1, 0.15) is 0 Å². The first-order chi connectivity index (χ1) is 23.3. The van der Waals surface area contributed by atoms with E-state index >= 15 is 0 Å². The van der Waals surface area contributed by atoms with Crippen molar-refractivity contribution < 1.29 is 4.42 Å². The van der Waals surface area contributed by atoms with E-state index in [0.717, 1.165) is 27.5 Å². The molecule has 9 aromatic carbocycles. The van der Waals surface area contributed by atoms with Crippen LogP contribution < -0.4 is 0 Å². The molecule has 0 fully saturated rings. The zero-order valence-corrected chi connectivity index (χ0v) is 25.6. The third kappa shape index (κ3) is 3.90. The van der Waals surface area contributed by atoms with Crippen LogP contribution in [-0.2, 0) is 0 Å². The maximum atomic E-state index is 6.58. The molecule has 0 saturated heterocycles. The minimum atomic E-state index is 0.903. The second-order valence-electron chi connectivity index (χ2n) is 12.4. The third-order valence-corrected chi connectivity index (χ3v) is 9.82. The number of rotatable bonds is 3. The molecule has 1 aromatic heterocycles. The molecule has 218 valence electrons. The van der Waals surface area contributed by atoms with Crippen LogP contribution in [0.15, 0.2) is 174 Å². The van der Waals surface area contributed by atoms with Crippen LogP contribution in [0.5, 0.6) is 0 Å². The van der Waals surface area contributed by atoms with Gasteiger partial charge in [-0.05, 0) is 101 Å². The highest BCUT2D eigenvalue weighted by atomic mass is 16.3. The molecular formula is C46H28O. The molecule has 10 rings (SSSR count). The summed E-state index contributed by atoms with van der Waals surface area (Å²) < 4.78 is 6.58. The highest BCUT2D eigenvalue weighted by Crippen LogP contribution is 2.49. The summed E-state index contributed by atoms with van der Waals surface area (Å²) in [5.74, 6) is 0. The summed E-state index contributed by atoms with van der Waals surface area (Å²) in [7, 11) is 0. The lowest BCUT2D eigenvalue weighted by Gasteiger charge is -2.20. The zero-order valence-electron chi connectivity index (χ0n) is 25.6. The highest BCUT2D eigenvalue weighted by molar-refractivity contribution is 6.28. The van der Waals surface area contributed by atoms with Crippen LogP contribution in [0.3, 0.4) is 0 Å². The molecule has 0 spiro atoms. The first-order valence-electron chi connectivity index (χ1n) is 16.2. The summed E-state index contributed by atoms with van der Waals surface area (Å²) in [6.07, 6.45) is 0. The van der Waals surface area contributed by atoms with Crippen LogP contribution in [0.25, 0.3) is 98.4 Å². The standard InChI is InChI=1S/C46H28O/c1-2-14-29(15-3-1)31-27-41(46-39-24-12-13-25-42(39)47-43(46)28-31)45-37-22-10-8-20-35(37)44(36-21-9-11-23-38(36)45)40-26-30-16-4-5-17-32(30)33-18-6-7-19-34(33)40/h1-28H. The van der Waals surface area contributed by atoms with Crippen LogP contribution >= 0.6 is 0 Å². The van der Waals surface area contributed by atoms with Gasteiger partial charge in [-0.25, -0.2) is 0 Å². The summed E-state index contributed by atoms with van der Waals surface area (Å²) in [6, 6.07) is 61.5. The van der Waals surface area contributed by atoms with Crippen molar-refractivity contribution in [2.75, 3.05) is 0 Å². The Labute approximate surface area is 271 Å². The predicted octanol–water partition coefficient (Wildman–Crippen LogP) is 13.2. The number of fused-ring (bicyclic) bond motifs is 8. The van der Waals surface area contributed by atoms with Gasteiger partial charge in [-0.2, -0.15) is 0 Å². The van der Waals surface area contributed by atoms with E-state index in [-0.39, 0.29) is 0 Å². The third-order valence-electron chi connectivity index (χ3n) is 9.82. The second-order valence-corrected chi connectivity index (χ2v) is 12.4. The minimum absolute atomic E-state index is 0.903. The van der Waals surface area contributed by atoms with Gasteiger partial charge in [-0.1, -0.05) is 146 Å². The summed E-state index contributed by atoms with van der Waals surface area (Å²) in [6.45, 7) is 0. The average Bonchev–Trinajstić information content (AvgIpc) is 3.52. The van der Waals surface area contributed by atoms with Gasteiger partial charge in [0.05, 0.1) is 0 Å². The molecule has 1 heteroatoms. The summed E-state index contributed by atoms with van der Waals surface area (Å²) in [5.41, 5.74) is 9.08. The normalized spacial score (nSPS) is 11.8. The SMILES string of the molecule is c1ccc(-c2cc(-c3c4ccccc4c(-c4cc5ccccc5c5ccccc45)c4ccccc34)c3c(c2)oc2ccccc23)cc1. The summed E-state index contributed by atoms with van der Waals surface area (Å²) in [4.78, 5) is 0. The van der Waals surface area contributed by atoms with E-state index in [1.165, 1.54) is 70.9 Å². The molecule has 10 aromatic rings. The van der Waals surface area contributed by atoms with Gasteiger partial charge in [0.2, 0.25) is 0 Å². The van der Waals surface area contributed by atoms with Crippen molar-refractivity contribution in [1.82, 2.24) is 0 Å². The maximum absolute atomic E-state index is 6.58. The lowest BCUT2D eigenvalue weighted by molar-refractivity contribution is 0.669. The van der Waals surface area contributed by atoms with E-state index in [1.54, 1.807) is 0 Å². The minimum Gasteiger partial charge on any atom is -0.456 e.